The maximum absolute atomic E-state index is 12.6. The summed E-state index contributed by atoms with van der Waals surface area (Å²) >= 11 is 1.32. The highest BCUT2D eigenvalue weighted by atomic mass is 32.2. The number of thioether (sulfide) groups is 1. The van der Waals surface area contributed by atoms with Crippen LogP contribution in [0.3, 0.4) is 0 Å². The summed E-state index contributed by atoms with van der Waals surface area (Å²) in [5.74, 6) is -4.22. The standard InChI is InChI=1S/C18H18N2O7S/c1-9-19(13(8-28-9)18(26)27)14(21)7-6-12(17(24)25)20-15(22)10-4-2-3-5-11(10)16(20)23/h2-5,9,12-13H,6-8H2,1H3,(H,24,25)(H,26,27)/t9?,12-,13+/m1/s1. The normalized spacial score (nSPS) is 22.3. The fraction of sp³-hybridized carbons (Fsp3) is 0.389. The second-order valence-electron chi connectivity index (χ2n) is 6.51. The van der Waals surface area contributed by atoms with Gasteiger partial charge < -0.3 is 15.1 Å². The molecule has 0 aromatic heterocycles. The summed E-state index contributed by atoms with van der Waals surface area (Å²) in [6.45, 7) is 1.70. The van der Waals surface area contributed by atoms with Crippen LogP contribution in [0.15, 0.2) is 24.3 Å². The Balaban J connectivity index is 1.75. The lowest BCUT2D eigenvalue weighted by Crippen LogP contribution is -2.47. The van der Waals surface area contributed by atoms with E-state index in [-0.39, 0.29) is 35.1 Å². The van der Waals surface area contributed by atoms with Crippen LogP contribution in [-0.4, -0.2) is 72.9 Å². The largest absolute Gasteiger partial charge is 0.480 e. The molecule has 2 aliphatic rings. The van der Waals surface area contributed by atoms with Gasteiger partial charge in [-0.2, -0.15) is 0 Å². The van der Waals surface area contributed by atoms with Crippen LogP contribution >= 0.6 is 11.8 Å². The lowest BCUT2D eigenvalue weighted by molar-refractivity contribution is -0.149. The minimum atomic E-state index is -1.51. The van der Waals surface area contributed by atoms with Crippen molar-refractivity contribution in [1.29, 1.82) is 0 Å². The van der Waals surface area contributed by atoms with E-state index in [0.29, 0.717) is 4.90 Å². The van der Waals surface area contributed by atoms with Crippen LogP contribution in [0.25, 0.3) is 0 Å². The highest BCUT2D eigenvalue weighted by Gasteiger charge is 2.44. The Labute approximate surface area is 164 Å². The van der Waals surface area contributed by atoms with E-state index < -0.39 is 41.7 Å². The molecular weight excluding hydrogens is 388 g/mol. The number of fused-ring (bicyclic) bond motifs is 1. The van der Waals surface area contributed by atoms with Gasteiger partial charge in [0.2, 0.25) is 5.91 Å². The summed E-state index contributed by atoms with van der Waals surface area (Å²) in [5.41, 5.74) is 0.251. The molecule has 1 unspecified atom stereocenters. The fourth-order valence-corrected chi connectivity index (χ4v) is 4.64. The molecule has 148 valence electrons. The number of carboxylic acid groups (broad SMARTS) is 2. The third kappa shape index (κ3) is 3.35. The number of imide groups is 1. The molecule has 0 bridgehead atoms. The molecule has 3 atom stereocenters. The minimum absolute atomic E-state index is 0.126. The number of nitrogens with zero attached hydrogens (tertiary/aromatic N) is 2. The van der Waals surface area contributed by atoms with Gasteiger partial charge in [-0.1, -0.05) is 12.1 Å². The van der Waals surface area contributed by atoms with Crippen LogP contribution in [-0.2, 0) is 14.4 Å². The van der Waals surface area contributed by atoms with E-state index in [1.54, 1.807) is 19.1 Å². The summed E-state index contributed by atoms with van der Waals surface area (Å²) in [6.07, 6.45) is -0.584. The number of carboxylic acids is 2. The van der Waals surface area contributed by atoms with Crippen LogP contribution in [0.2, 0.25) is 0 Å². The van der Waals surface area contributed by atoms with E-state index in [1.165, 1.54) is 28.8 Å². The Morgan fingerprint density at radius 2 is 1.71 bits per heavy atom. The summed E-state index contributed by atoms with van der Waals surface area (Å²) in [4.78, 5) is 62.5. The highest BCUT2D eigenvalue weighted by Crippen LogP contribution is 2.31. The first kappa shape index (κ1) is 19.9. The predicted molar refractivity (Wildman–Crippen MR) is 97.8 cm³/mol. The van der Waals surface area contributed by atoms with Crippen molar-refractivity contribution in [2.45, 2.75) is 37.2 Å². The molecule has 2 N–H and O–H groups in total. The third-order valence-corrected chi connectivity index (χ3v) is 6.07. The number of hydrogen-bond acceptors (Lipinski definition) is 6. The number of benzene rings is 1. The summed E-state index contributed by atoms with van der Waals surface area (Å²) < 4.78 is 0. The second-order valence-corrected chi connectivity index (χ2v) is 7.86. The van der Waals surface area contributed by atoms with Crippen LogP contribution < -0.4 is 0 Å². The van der Waals surface area contributed by atoms with Gasteiger partial charge in [-0.05, 0) is 25.5 Å². The molecule has 28 heavy (non-hydrogen) atoms. The zero-order valence-electron chi connectivity index (χ0n) is 14.9. The molecule has 10 heteroatoms. The third-order valence-electron chi connectivity index (χ3n) is 4.85. The number of rotatable bonds is 6. The van der Waals surface area contributed by atoms with E-state index in [0.717, 1.165) is 0 Å². The zero-order valence-corrected chi connectivity index (χ0v) is 15.7. The van der Waals surface area contributed by atoms with Crippen molar-refractivity contribution >= 4 is 41.4 Å². The first-order valence-corrected chi connectivity index (χ1v) is 9.64. The molecule has 2 heterocycles. The summed E-state index contributed by atoms with van der Waals surface area (Å²) in [7, 11) is 0. The molecule has 1 aromatic rings. The molecule has 9 nitrogen and oxygen atoms in total. The molecule has 3 amide bonds. The van der Waals surface area contributed by atoms with E-state index in [9.17, 15) is 34.2 Å². The lowest BCUT2D eigenvalue weighted by atomic mass is 10.1. The molecule has 0 radical (unpaired) electrons. The first-order valence-electron chi connectivity index (χ1n) is 8.59. The van der Waals surface area contributed by atoms with Crippen molar-refractivity contribution < 1.29 is 34.2 Å². The average molecular weight is 406 g/mol. The molecule has 1 fully saturated rings. The molecule has 0 aliphatic carbocycles. The Bertz CT molecular complexity index is 836. The monoisotopic (exact) mass is 406 g/mol. The average Bonchev–Trinajstić information content (AvgIpc) is 3.15. The SMILES string of the molecule is CC1SC[C@@H](C(=O)O)N1C(=O)CC[C@H](C(=O)O)N1C(=O)c2ccccc2C1=O. The topological polar surface area (TPSA) is 132 Å². The van der Waals surface area contributed by atoms with Crippen molar-refractivity contribution in [3.63, 3.8) is 0 Å². The molecule has 3 rings (SSSR count). The van der Waals surface area contributed by atoms with Crippen molar-refractivity contribution in [3.8, 4) is 0 Å². The van der Waals surface area contributed by atoms with Crippen LogP contribution in [0.5, 0.6) is 0 Å². The van der Waals surface area contributed by atoms with Gasteiger partial charge in [-0.3, -0.25) is 19.3 Å². The van der Waals surface area contributed by atoms with Gasteiger partial charge >= 0.3 is 11.9 Å². The van der Waals surface area contributed by atoms with Gasteiger partial charge in [0.05, 0.1) is 16.5 Å². The molecule has 1 aromatic carbocycles. The van der Waals surface area contributed by atoms with E-state index >= 15 is 0 Å². The van der Waals surface area contributed by atoms with E-state index in [1.807, 2.05) is 0 Å². The van der Waals surface area contributed by atoms with Gasteiger partial charge in [0, 0.05) is 12.2 Å². The number of amides is 3. The number of aliphatic carboxylic acids is 2. The number of carbonyl (C=O) groups excluding carboxylic acids is 3. The van der Waals surface area contributed by atoms with Crippen molar-refractivity contribution in [1.82, 2.24) is 9.80 Å². The van der Waals surface area contributed by atoms with Crippen molar-refractivity contribution in [2.24, 2.45) is 0 Å². The first-order chi connectivity index (χ1) is 13.2. The maximum atomic E-state index is 12.6. The molecule has 0 saturated carbocycles. The zero-order chi connectivity index (χ0) is 20.6. The molecule has 1 saturated heterocycles. The number of hydrogen-bond donors (Lipinski definition) is 2. The quantitative estimate of drug-likeness (QED) is 0.666. The van der Waals surface area contributed by atoms with Gasteiger partial charge in [0.15, 0.2) is 0 Å². The Kier molecular flexibility index (Phi) is 5.41. The Hall–Kier alpha value is -2.88. The minimum Gasteiger partial charge on any atom is -0.480 e. The Morgan fingerprint density at radius 3 is 2.21 bits per heavy atom. The van der Waals surface area contributed by atoms with Crippen LogP contribution in [0, 0.1) is 0 Å². The maximum Gasteiger partial charge on any atom is 0.327 e. The lowest BCUT2D eigenvalue weighted by Gasteiger charge is -2.27. The smallest absolute Gasteiger partial charge is 0.327 e. The molecular formula is C18H18N2O7S. The van der Waals surface area contributed by atoms with E-state index in [2.05, 4.69) is 0 Å². The van der Waals surface area contributed by atoms with Gasteiger partial charge in [0.25, 0.3) is 11.8 Å². The van der Waals surface area contributed by atoms with Crippen molar-refractivity contribution in [3.05, 3.63) is 35.4 Å². The highest BCUT2D eigenvalue weighted by molar-refractivity contribution is 8.00. The second kappa shape index (κ2) is 7.63. The van der Waals surface area contributed by atoms with Crippen LogP contribution in [0.1, 0.15) is 40.5 Å². The fourth-order valence-electron chi connectivity index (χ4n) is 3.45. The molecule has 0 spiro atoms. The Morgan fingerprint density at radius 1 is 1.14 bits per heavy atom. The van der Waals surface area contributed by atoms with Gasteiger partial charge in [0.1, 0.15) is 12.1 Å². The summed E-state index contributed by atoms with van der Waals surface area (Å²) in [5, 5.41) is 18.5. The predicted octanol–water partition coefficient (Wildman–Crippen LogP) is 0.891. The van der Waals surface area contributed by atoms with Crippen LogP contribution in [0.4, 0.5) is 0 Å². The van der Waals surface area contributed by atoms with E-state index in [4.69, 9.17) is 0 Å². The molecule has 2 aliphatic heterocycles. The van der Waals surface area contributed by atoms with Gasteiger partial charge in [-0.25, -0.2) is 9.59 Å². The summed E-state index contributed by atoms with van der Waals surface area (Å²) in [6, 6.07) is 3.55. The van der Waals surface area contributed by atoms with Gasteiger partial charge in [-0.15, -0.1) is 11.8 Å². The number of carbonyl (C=O) groups is 5. The van der Waals surface area contributed by atoms with Crippen molar-refractivity contribution in [2.75, 3.05) is 5.75 Å².